The van der Waals surface area contributed by atoms with E-state index in [2.05, 4.69) is 27.4 Å². The second-order valence-corrected chi connectivity index (χ2v) is 11.2. The highest BCUT2D eigenvalue weighted by atomic mass is 32.2. The molecule has 0 unspecified atom stereocenters. The predicted octanol–water partition coefficient (Wildman–Crippen LogP) is 4.84. The van der Waals surface area contributed by atoms with E-state index >= 15 is 0 Å². The highest BCUT2D eigenvalue weighted by Crippen LogP contribution is 2.30. The second-order valence-electron chi connectivity index (χ2n) is 9.18. The topological polar surface area (TPSA) is 100 Å². The monoisotopic (exact) mass is 518 g/mol. The summed E-state index contributed by atoms with van der Waals surface area (Å²) in [5.74, 6) is 1.34. The molecule has 4 rings (SSSR count). The third kappa shape index (κ3) is 6.67. The van der Waals surface area contributed by atoms with Crippen LogP contribution in [-0.4, -0.2) is 65.8 Å². The molecule has 1 aliphatic rings. The molecule has 1 aromatic carbocycles. The lowest BCUT2D eigenvalue weighted by Gasteiger charge is -2.31. The van der Waals surface area contributed by atoms with Gasteiger partial charge in [-0.3, -0.25) is 9.98 Å². The van der Waals surface area contributed by atoms with Crippen molar-refractivity contribution >= 4 is 27.6 Å². The van der Waals surface area contributed by atoms with Gasteiger partial charge in [0.25, 0.3) is 0 Å². The van der Waals surface area contributed by atoms with Crippen molar-refractivity contribution in [3.8, 4) is 22.5 Å². The summed E-state index contributed by atoms with van der Waals surface area (Å²) >= 11 is 0. The zero-order valence-corrected chi connectivity index (χ0v) is 22.7. The molecule has 0 aliphatic carbocycles. The summed E-state index contributed by atoms with van der Waals surface area (Å²) in [6.45, 7) is 7.68. The minimum Gasteiger partial charge on any atom is -0.367 e. The number of aromatic nitrogens is 3. The third-order valence-electron chi connectivity index (χ3n) is 6.45. The van der Waals surface area contributed by atoms with Crippen LogP contribution in [0, 0.1) is 6.92 Å². The van der Waals surface area contributed by atoms with Gasteiger partial charge in [0, 0.05) is 66.7 Å². The van der Waals surface area contributed by atoms with Gasteiger partial charge >= 0.3 is 0 Å². The van der Waals surface area contributed by atoms with Gasteiger partial charge < -0.3 is 5.32 Å². The number of anilines is 1. The van der Waals surface area contributed by atoms with Crippen LogP contribution >= 0.6 is 0 Å². The van der Waals surface area contributed by atoms with Gasteiger partial charge in [-0.05, 0) is 56.9 Å². The number of aryl methyl sites for hydroxylation is 1. The zero-order valence-electron chi connectivity index (χ0n) is 21.8. The summed E-state index contributed by atoms with van der Waals surface area (Å²) in [7, 11) is -3.18. The minimum absolute atomic E-state index is 0.101. The summed E-state index contributed by atoms with van der Waals surface area (Å²) in [6.07, 6.45) is 10.3. The van der Waals surface area contributed by atoms with E-state index in [0.29, 0.717) is 31.8 Å². The Kier molecular flexibility index (Phi) is 8.45. The average molecular weight is 519 g/mol. The Morgan fingerprint density at radius 2 is 1.92 bits per heavy atom. The number of sulfonamides is 1. The van der Waals surface area contributed by atoms with Gasteiger partial charge in [-0.2, -0.15) is 0 Å². The maximum atomic E-state index is 11.9. The van der Waals surface area contributed by atoms with Crippen molar-refractivity contribution in [1.82, 2.24) is 19.3 Å². The lowest BCUT2D eigenvalue weighted by molar-refractivity contribution is 0.331. The number of hydrogen-bond acceptors (Lipinski definition) is 7. The van der Waals surface area contributed by atoms with Crippen molar-refractivity contribution in [1.29, 1.82) is 0 Å². The molecule has 1 N–H and O–H groups in total. The van der Waals surface area contributed by atoms with E-state index in [9.17, 15) is 8.42 Å². The molecular weight excluding hydrogens is 484 g/mol. The van der Waals surface area contributed by atoms with Crippen molar-refractivity contribution < 1.29 is 8.42 Å². The molecule has 1 fully saturated rings. The van der Waals surface area contributed by atoms with Crippen LogP contribution in [0.2, 0.25) is 0 Å². The molecule has 0 atom stereocenters. The normalized spacial score (nSPS) is 15.8. The largest absolute Gasteiger partial charge is 0.367 e. The molecule has 0 amide bonds. The first-order valence-corrected chi connectivity index (χ1v) is 14.4. The van der Waals surface area contributed by atoms with Crippen LogP contribution in [0.25, 0.3) is 28.1 Å². The van der Waals surface area contributed by atoms with E-state index in [1.807, 2.05) is 69.7 Å². The average Bonchev–Trinajstić information content (AvgIpc) is 2.90. The Balaban J connectivity index is 1.68. The Morgan fingerprint density at radius 1 is 1.14 bits per heavy atom. The first-order chi connectivity index (χ1) is 17.8. The number of benzene rings is 1. The molecule has 2 aromatic heterocycles. The number of allylic oxidation sites excluding steroid dienone is 2. The number of rotatable bonds is 8. The number of nitrogens with zero attached hydrogens (tertiary/aromatic N) is 5. The maximum Gasteiger partial charge on any atom is 0.211 e. The molecule has 3 heterocycles. The maximum absolute atomic E-state index is 11.9. The van der Waals surface area contributed by atoms with Crippen LogP contribution in [0.3, 0.4) is 0 Å². The van der Waals surface area contributed by atoms with Crippen LogP contribution in [-0.2, 0) is 10.0 Å². The number of pyridine rings is 1. The Bertz CT molecular complexity index is 1390. The number of aliphatic imine (C=N–C) groups is 1. The Morgan fingerprint density at radius 3 is 2.57 bits per heavy atom. The lowest BCUT2D eigenvalue weighted by atomic mass is 10.0. The van der Waals surface area contributed by atoms with Gasteiger partial charge in [0.05, 0.1) is 6.26 Å². The molecule has 0 bridgehead atoms. The van der Waals surface area contributed by atoms with Gasteiger partial charge in [-0.1, -0.05) is 30.3 Å². The molecular formula is C28H34N6O2S. The Hall–Kier alpha value is -3.43. The van der Waals surface area contributed by atoms with Gasteiger partial charge in [0.2, 0.25) is 10.0 Å². The standard InChI is InChI=1S/C28H34N6O2S/c1-5-21(17-29-6-2)22-8-7-9-23(16-22)27-31-19-26(24-11-10-20(3)30-18-24)28(33-27)32-25-12-14-34(15-13-25)37(4,35)36/h5,7-11,16-19,25H,6,12-15H2,1-4H3,(H,31,32,33)/b21-5+,29-17?. The van der Waals surface area contributed by atoms with Gasteiger partial charge in [-0.25, -0.2) is 22.7 Å². The number of nitrogens with one attached hydrogen (secondary N) is 1. The van der Waals surface area contributed by atoms with E-state index in [1.165, 1.54) is 10.6 Å². The van der Waals surface area contributed by atoms with Crippen molar-refractivity contribution in [2.24, 2.45) is 4.99 Å². The smallest absolute Gasteiger partial charge is 0.211 e. The van der Waals surface area contributed by atoms with Crippen LogP contribution in [0.15, 0.2) is 59.9 Å². The van der Waals surface area contributed by atoms with Crippen LogP contribution < -0.4 is 5.32 Å². The first-order valence-electron chi connectivity index (χ1n) is 12.6. The van der Waals surface area contributed by atoms with Crippen LogP contribution in [0.4, 0.5) is 5.82 Å². The molecule has 8 nitrogen and oxygen atoms in total. The molecule has 1 saturated heterocycles. The predicted molar refractivity (Wildman–Crippen MR) is 151 cm³/mol. The van der Waals surface area contributed by atoms with E-state index in [-0.39, 0.29) is 6.04 Å². The van der Waals surface area contributed by atoms with Gasteiger partial charge in [-0.15, -0.1) is 0 Å². The quantitative estimate of drug-likeness (QED) is 0.428. The molecule has 37 heavy (non-hydrogen) atoms. The summed E-state index contributed by atoms with van der Waals surface area (Å²) in [6, 6.07) is 12.2. The SMILES string of the molecule is C/C=C(\C=NCC)c1cccc(-c2ncc(-c3ccc(C)nc3)c(NC3CCN(S(C)(=O)=O)CC3)n2)c1. The minimum atomic E-state index is -3.18. The lowest BCUT2D eigenvalue weighted by Crippen LogP contribution is -2.42. The van der Waals surface area contributed by atoms with Crippen molar-refractivity contribution in [2.75, 3.05) is 31.2 Å². The fourth-order valence-electron chi connectivity index (χ4n) is 4.34. The fourth-order valence-corrected chi connectivity index (χ4v) is 5.21. The van der Waals surface area contributed by atoms with E-state index in [0.717, 1.165) is 45.9 Å². The molecule has 0 radical (unpaired) electrons. The summed E-state index contributed by atoms with van der Waals surface area (Å²) < 4.78 is 25.4. The molecule has 9 heteroatoms. The van der Waals surface area contributed by atoms with E-state index in [4.69, 9.17) is 9.97 Å². The fraction of sp³-hybridized carbons (Fsp3) is 0.357. The molecule has 0 spiro atoms. The van der Waals surface area contributed by atoms with Crippen LogP contribution in [0.5, 0.6) is 0 Å². The first kappa shape index (κ1) is 26.6. The van der Waals surface area contributed by atoms with Crippen molar-refractivity contribution in [3.05, 3.63) is 66.1 Å². The molecule has 194 valence electrons. The summed E-state index contributed by atoms with van der Waals surface area (Å²) in [5.41, 5.74) is 5.73. The number of piperidine rings is 1. The highest BCUT2D eigenvalue weighted by Gasteiger charge is 2.26. The zero-order chi connectivity index (χ0) is 26.4. The molecule has 1 aliphatic heterocycles. The molecule has 0 saturated carbocycles. The van der Waals surface area contributed by atoms with Gasteiger partial charge in [0.15, 0.2) is 5.82 Å². The van der Waals surface area contributed by atoms with Crippen molar-refractivity contribution in [3.63, 3.8) is 0 Å². The van der Waals surface area contributed by atoms with E-state index in [1.54, 1.807) is 0 Å². The highest BCUT2D eigenvalue weighted by molar-refractivity contribution is 7.88. The second kappa shape index (κ2) is 11.7. The summed E-state index contributed by atoms with van der Waals surface area (Å²) in [4.78, 5) is 18.5. The van der Waals surface area contributed by atoms with Crippen LogP contribution in [0.1, 0.15) is 37.9 Å². The Labute approximate surface area is 219 Å². The molecule has 3 aromatic rings. The third-order valence-corrected chi connectivity index (χ3v) is 7.76. The number of hydrogen-bond donors (Lipinski definition) is 1. The summed E-state index contributed by atoms with van der Waals surface area (Å²) in [5, 5.41) is 3.59. The van der Waals surface area contributed by atoms with E-state index < -0.39 is 10.0 Å². The van der Waals surface area contributed by atoms with Gasteiger partial charge in [0.1, 0.15) is 5.82 Å². The van der Waals surface area contributed by atoms with Crippen molar-refractivity contribution in [2.45, 2.75) is 39.7 Å².